The maximum Gasteiger partial charge on any atom is 0.125 e. The molecule has 0 N–H and O–H groups in total. The zero-order chi connectivity index (χ0) is 13.4. The first kappa shape index (κ1) is 12.8. The first-order valence-corrected chi connectivity index (χ1v) is 7.01. The Morgan fingerprint density at radius 2 is 2.00 bits per heavy atom. The Morgan fingerprint density at radius 3 is 2.79 bits per heavy atom. The van der Waals surface area contributed by atoms with Crippen LogP contribution in [0.2, 0.25) is 5.02 Å². The fraction of sp³-hybridized carbons (Fsp3) is 0.200. The minimum absolute atomic E-state index is 0.222. The van der Waals surface area contributed by atoms with Gasteiger partial charge in [0.2, 0.25) is 0 Å². The normalized spacial score (nSPS) is 13.7. The van der Waals surface area contributed by atoms with Crippen molar-refractivity contribution < 1.29 is 4.39 Å². The molecule has 0 unspecified atom stereocenters. The molecule has 0 radical (unpaired) electrons. The van der Waals surface area contributed by atoms with Gasteiger partial charge in [-0.25, -0.2) is 4.39 Å². The van der Waals surface area contributed by atoms with Crippen LogP contribution in [0.1, 0.15) is 11.1 Å². The summed E-state index contributed by atoms with van der Waals surface area (Å²) in [7, 11) is 0. The van der Waals surface area contributed by atoms with Gasteiger partial charge in [-0.2, -0.15) is 0 Å². The lowest BCUT2D eigenvalue weighted by Crippen LogP contribution is -2.15. The van der Waals surface area contributed by atoms with Crippen LogP contribution in [0.3, 0.4) is 0 Å². The zero-order valence-electron chi connectivity index (χ0n) is 10.2. The molecule has 2 aromatic rings. The molecular formula is C15H12Cl2FN. The third-order valence-corrected chi connectivity index (χ3v) is 4.08. The lowest BCUT2D eigenvalue weighted by Gasteiger charge is -2.23. The number of alkyl halides is 1. The molecule has 1 nitrogen and oxygen atoms in total. The largest absolute Gasteiger partial charge is 0.341 e. The number of anilines is 2. The van der Waals surface area contributed by atoms with Crippen LogP contribution >= 0.6 is 23.2 Å². The van der Waals surface area contributed by atoms with E-state index in [1.807, 2.05) is 24.3 Å². The molecule has 0 aromatic heterocycles. The van der Waals surface area contributed by atoms with Crippen LogP contribution in [0.15, 0.2) is 36.4 Å². The molecule has 0 aliphatic carbocycles. The number of fused-ring (bicyclic) bond motifs is 1. The predicted octanol–water partition coefficient (Wildman–Crippen LogP) is 4.91. The number of hydrogen-bond acceptors (Lipinski definition) is 1. The Kier molecular flexibility index (Phi) is 3.38. The second kappa shape index (κ2) is 5.03. The lowest BCUT2D eigenvalue weighted by atomic mass is 10.1. The van der Waals surface area contributed by atoms with E-state index in [1.54, 1.807) is 6.07 Å². The molecular weight excluding hydrogens is 284 g/mol. The summed E-state index contributed by atoms with van der Waals surface area (Å²) < 4.78 is 13.4. The molecule has 0 amide bonds. The van der Waals surface area contributed by atoms with Gasteiger partial charge in [-0.05, 0) is 36.2 Å². The second-order valence-corrected chi connectivity index (χ2v) is 5.22. The molecule has 0 saturated carbocycles. The van der Waals surface area contributed by atoms with Crippen molar-refractivity contribution >= 4 is 34.6 Å². The SMILES string of the molecule is Fc1ccc2c(c1)N(c1cccc(Cl)c1CCl)CC2. The number of nitrogens with zero attached hydrogens (tertiary/aromatic N) is 1. The fourth-order valence-corrected chi connectivity index (χ4v) is 3.12. The maximum atomic E-state index is 13.4. The summed E-state index contributed by atoms with van der Waals surface area (Å²) in [5.74, 6) is 0.121. The summed E-state index contributed by atoms with van der Waals surface area (Å²) in [5, 5.41) is 0.650. The Labute approximate surface area is 121 Å². The molecule has 3 rings (SSSR count). The smallest absolute Gasteiger partial charge is 0.125 e. The monoisotopic (exact) mass is 295 g/mol. The number of halogens is 3. The number of benzene rings is 2. The van der Waals surface area contributed by atoms with Gasteiger partial charge in [0.15, 0.2) is 0 Å². The van der Waals surface area contributed by atoms with Crippen molar-refractivity contribution in [3.8, 4) is 0 Å². The predicted molar refractivity (Wildman–Crippen MR) is 78.1 cm³/mol. The van der Waals surface area contributed by atoms with Crippen LogP contribution in [0.4, 0.5) is 15.8 Å². The second-order valence-electron chi connectivity index (χ2n) is 4.55. The van der Waals surface area contributed by atoms with Gasteiger partial charge in [-0.3, -0.25) is 0 Å². The summed E-state index contributed by atoms with van der Waals surface area (Å²) >= 11 is 12.2. The Hall–Kier alpha value is -1.25. The minimum Gasteiger partial charge on any atom is -0.341 e. The first-order valence-electron chi connectivity index (χ1n) is 6.10. The quantitative estimate of drug-likeness (QED) is 0.712. The van der Waals surface area contributed by atoms with Gasteiger partial charge in [0.1, 0.15) is 5.82 Å². The number of hydrogen-bond donors (Lipinski definition) is 0. The summed E-state index contributed by atoms with van der Waals surface area (Å²) in [6, 6.07) is 10.6. The van der Waals surface area contributed by atoms with Gasteiger partial charge in [-0.1, -0.05) is 23.7 Å². The molecule has 0 fully saturated rings. The molecule has 19 heavy (non-hydrogen) atoms. The topological polar surface area (TPSA) is 3.24 Å². The number of rotatable bonds is 2. The third-order valence-electron chi connectivity index (χ3n) is 3.46. The Morgan fingerprint density at radius 1 is 1.16 bits per heavy atom. The van der Waals surface area contributed by atoms with Crippen LogP contribution in [0, 0.1) is 5.82 Å². The van der Waals surface area contributed by atoms with Gasteiger partial charge in [0.05, 0.1) is 5.88 Å². The van der Waals surface area contributed by atoms with E-state index in [0.29, 0.717) is 10.9 Å². The molecule has 0 bridgehead atoms. The van der Waals surface area contributed by atoms with Crippen molar-refractivity contribution in [3.63, 3.8) is 0 Å². The van der Waals surface area contributed by atoms with Crippen LogP contribution < -0.4 is 4.90 Å². The maximum absolute atomic E-state index is 13.4. The summed E-state index contributed by atoms with van der Waals surface area (Å²) in [6.45, 7) is 0.822. The van der Waals surface area contributed by atoms with Crippen LogP contribution in [-0.2, 0) is 12.3 Å². The molecule has 0 saturated heterocycles. The molecule has 98 valence electrons. The van der Waals surface area contributed by atoms with E-state index >= 15 is 0 Å². The molecule has 0 atom stereocenters. The van der Waals surface area contributed by atoms with Gasteiger partial charge < -0.3 is 4.90 Å². The van der Waals surface area contributed by atoms with E-state index in [1.165, 1.54) is 6.07 Å². The fourth-order valence-electron chi connectivity index (χ4n) is 2.54. The van der Waals surface area contributed by atoms with Gasteiger partial charge in [0.25, 0.3) is 0 Å². The van der Waals surface area contributed by atoms with E-state index in [0.717, 1.165) is 35.5 Å². The Bertz CT molecular complexity index is 628. The van der Waals surface area contributed by atoms with Crippen molar-refractivity contribution in [2.24, 2.45) is 0 Å². The van der Waals surface area contributed by atoms with E-state index in [9.17, 15) is 4.39 Å². The van der Waals surface area contributed by atoms with E-state index in [4.69, 9.17) is 23.2 Å². The zero-order valence-corrected chi connectivity index (χ0v) is 11.7. The first-order chi connectivity index (χ1) is 9.20. The average Bonchev–Trinajstić information content (AvgIpc) is 2.81. The van der Waals surface area contributed by atoms with Crippen LogP contribution in [0.5, 0.6) is 0 Å². The minimum atomic E-state index is -0.222. The molecule has 2 aromatic carbocycles. The van der Waals surface area contributed by atoms with E-state index in [-0.39, 0.29) is 5.82 Å². The highest BCUT2D eigenvalue weighted by atomic mass is 35.5. The van der Waals surface area contributed by atoms with Gasteiger partial charge in [0, 0.05) is 28.5 Å². The van der Waals surface area contributed by atoms with Gasteiger partial charge >= 0.3 is 0 Å². The van der Waals surface area contributed by atoms with Crippen molar-refractivity contribution in [1.29, 1.82) is 0 Å². The van der Waals surface area contributed by atoms with Crippen molar-refractivity contribution in [2.75, 3.05) is 11.4 Å². The van der Waals surface area contributed by atoms with Crippen molar-refractivity contribution in [1.82, 2.24) is 0 Å². The molecule has 1 heterocycles. The standard InChI is InChI=1S/C15H12Cl2FN/c16-9-12-13(17)2-1-3-14(12)19-7-6-10-4-5-11(18)8-15(10)19/h1-5,8H,6-7,9H2. The molecule has 1 aliphatic rings. The van der Waals surface area contributed by atoms with Gasteiger partial charge in [-0.15, -0.1) is 11.6 Å². The summed E-state index contributed by atoms with van der Waals surface area (Å²) in [5.41, 5.74) is 3.92. The highest BCUT2D eigenvalue weighted by Gasteiger charge is 2.23. The third kappa shape index (κ3) is 2.19. The highest BCUT2D eigenvalue weighted by molar-refractivity contribution is 6.32. The van der Waals surface area contributed by atoms with E-state index < -0.39 is 0 Å². The lowest BCUT2D eigenvalue weighted by molar-refractivity contribution is 0.628. The van der Waals surface area contributed by atoms with Crippen LogP contribution in [-0.4, -0.2) is 6.54 Å². The Balaban J connectivity index is 2.11. The molecule has 0 spiro atoms. The van der Waals surface area contributed by atoms with Crippen LogP contribution in [0.25, 0.3) is 0 Å². The van der Waals surface area contributed by atoms with Crippen molar-refractivity contribution in [2.45, 2.75) is 12.3 Å². The van der Waals surface area contributed by atoms with Crippen molar-refractivity contribution in [3.05, 3.63) is 58.4 Å². The van der Waals surface area contributed by atoms with E-state index in [2.05, 4.69) is 4.90 Å². The molecule has 4 heteroatoms. The highest BCUT2D eigenvalue weighted by Crippen LogP contribution is 2.39. The average molecular weight is 296 g/mol. The summed E-state index contributed by atoms with van der Waals surface area (Å²) in [6.07, 6.45) is 0.907. The molecule has 1 aliphatic heterocycles. The summed E-state index contributed by atoms with van der Waals surface area (Å²) in [4.78, 5) is 2.09.